The van der Waals surface area contributed by atoms with Crippen LogP contribution < -0.4 is 16.6 Å². The van der Waals surface area contributed by atoms with E-state index in [1.54, 1.807) is 24.3 Å². The molecule has 0 fully saturated rings. The second-order valence-electron chi connectivity index (χ2n) is 6.34. The summed E-state index contributed by atoms with van der Waals surface area (Å²) in [5, 5.41) is 10.9. The molecule has 1 aliphatic rings. The van der Waals surface area contributed by atoms with Gasteiger partial charge in [-0.1, -0.05) is 23.5 Å². The van der Waals surface area contributed by atoms with Crippen molar-refractivity contribution >= 4 is 34.2 Å². The summed E-state index contributed by atoms with van der Waals surface area (Å²) < 4.78 is 1.20. The van der Waals surface area contributed by atoms with Crippen LogP contribution in [0.1, 0.15) is 32.1 Å². The van der Waals surface area contributed by atoms with Crippen LogP contribution in [0.4, 0.5) is 5.13 Å². The van der Waals surface area contributed by atoms with Gasteiger partial charge in [0.05, 0.1) is 17.7 Å². The first-order valence-corrected chi connectivity index (χ1v) is 9.61. The number of fused-ring (bicyclic) bond motifs is 1. The lowest BCUT2D eigenvalue weighted by molar-refractivity contribution is -0.116. The quantitative estimate of drug-likeness (QED) is 0.536. The Bertz CT molecular complexity index is 1240. The summed E-state index contributed by atoms with van der Waals surface area (Å²) in [6.07, 6.45) is 1.28. The lowest BCUT2D eigenvalue weighted by atomic mass is 10.1. The molecule has 2 aromatic heterocycles. The predicted molar refractivity (Wildman–Crippen MR) is 105 cm³/mol. The van der Waals surface area contributed by atoms with Crippen LogP contribution in [-0.4, -0.2) is 42.4 Å². The Labute approximate surface area is 172 Å². The average Bonchev–Trinajstić information content (AvgIpc) is 3.26. The number of carbonyl (C=O) groups excluding carboxylic acids is 3. The Hall–Kier alpha value is -3.93. The molecule has 30 heavy (non-hydrogen) atoms. The minimum absolute atomic E-state index is 0.0285. The second-order valence-corrected chi connectivity index (χ2v) is 7.41. The number of amides is 3. The van der Waals surface area contributed by atoms with Crippen molar-refractivity contribution in [3.8, 4) is 0 Å². The van der Waals surface area contributed by atoms with Gasteiger partial charge in [-0.15, -0.1) is 10.2 Å². The van der Waals surface area contributed by atoms with E-state index in [4.69, 9.17) is 0 Å². The van der Waals surface area contributed by atoms with Gasteiger partial charge in [0.25, 0.3) is 17.4 Å². The minimum atomic E-state index is -0.602. The van der Waals surface area contributed by atoms with Crippen LogP contribution in [0.3, 0.4) is 0 Å². The van der Waals surface area contributed by atoms with E-state index in [-0.39, 0.29) is 24.6 Å². The molecule has 0 spiro atoms. The molecule has 0 bridgehead atoms. The highest BCUT2D eigenvalue weighted by atomic mass is 32.1. The fourth-order valence-corrected chi connectivity index (χ4v) is 3.66. The molecule has 11 nitrogen and oxygen atoms in total. The maximum absolute atomic E-state index is 12.4. The first-order valence-electron chi connectivity index (χ1n) is 8.79. The molecule has 2 N–H and O–H groups in total. The second kappa shape index (κ2) is 7.83. The number of carbonyl (C=O) groups is 3. The van der Waals surface area contributed by atoms with Crippen molar-refractivity contribution in [3.05, 3.63) is 73.5 Å². The number of aromatic nitrogens is 4. The van der Waals surface area contributed by atoms with Gasteiger partial charge in [-0.2, -0.15) is 0 Å². The molecule has 0 atom stereocenters. The number of benzene rings is 1. The topological polar surface area (TPSA) is 147 Å². The fourth-order valence-electron chi connectivity index (χ4n) is 2.91. The molecule has 0 saturated carbocycles. The molecule has 3 heterocycles. The van der Waals surface area contributed by atoms with E-state index in [9.17, 15) is 24.0 Å². The lowest BCUT2D eigenvalue weighted by Crippen LogP contribution is -2.29. The first kappa shape index (κ1) is 19.4. The van der Waals surface area contributed by atoms with Crippen LogP contribution in [-0.2, 0) is 17.9 Å². The summed E-state index contributed by atoms with van der Waals surface area (Å²) in [7, 11) is 0. The number of hydrogen-bond acceptors (Lipinski definition) is 8. The summed E-state index contributed by atoms with van der Waals surface area (Å²) in [6.45, 7) is 0.0226. The number of imide groups is 1. The van der Waals surface area contributed by atoms with Crippen LogP contribution in [0.25, 0.3) is 0 Å². The molecule has 1 aromatic carbocycles. The molecule has 0 aliphatic carbocycles. The maximum Gasteiger partial charge on any atom is 0.328 e. The molecule has 0 saturated heterocycles. The molecule has 0 radical (unpaired) electrons. The third-order valence-electron chi connectivity index (χ3n) is 4.36. The van der Waals surface area contributed by atoms with Crippen molar-refractivity contribution in [1.29, 1.82) is 0 Å². The largest absolute Gasteiger partial charge is 0.328 e. The van der Waals surface area contributed by atoms with Gasteiger partial charge >= 0.3 is 5.69 Å². The Morgan fingerprint density at radius 2 is 1.73 bits per heavy atom. The van der Waals surface area contributed by atoms with Gasteiger partial charge in [0, 0.05) is 25.2 Å². The van der Waals surface area contributed by atoms with Crippen LogP contribution in [0, 0.1) is 0 Å². The van der Waals surface area contributed by atoms with Crippen LogP contribution in [0.15, 0.2) is 46.1 Å². The van der Waals surface area contributed by atoms with E-state index < -0.39 is 29.0 Å². The number of hydrogen-bond donors (Lipinski definition) is 2. The number of H-pyrrole nitrogens is 1. The molecule has 4 rings (SSSR count). The van der Waals surface area contributed by atoms with Gasteiger partial charge < -0.3 is 9.88 Å². The average molecular weight is 426 g/mol. The normalized spacial score (nSPS) is 12.9. The number of rotatable bonds is 6. The fraction of sp³-hybridized carbons (Fsp3) is 0.167. The molecule has 3 amide bonds. The number of anilines is 1. The van der Waals surface area contributed by atoms with Gasteiger partial charge in [0.2, 0.25) is 11.0 Å². The van der Waals surface area contributed by atoms with E-state index in [0.29, 0.717) is 16.1 Å². The Morgan fingerprint density at radius 1 is 1.03 bits per heavy atom. The third kappa shape index (κ3) is 3.80. The zero-order valence-electron chi connectivity index (χ0n) is 15.3. The Morgan fingerprint density at radius 3 is 2.40 bits per heavy atom. The van der Waals surface area contributed by atoms with Crippen molar-refractivity contribution in [2.24, 2.45) is 0 Å². The predicted octanol–water partition coefficient (Wildman–Crippen LogP) is 0.213. The summed E-state index contributed by atoms with van der Waals surface area (Å²) in [4.78, 5) is 62.7. The van der Waals surface area contributed by atoms with Crippen LogP contribution in [0.5, 0.6) is 0 Å². The molecule has 12 heteroatoms. The highest BCUT2D eigenvalue weighted by Gasteiger charge is 2.35. The van der Waals surface area contributed by atoms with Gasteiger partial charge in [0.15, 0.2) is 0 Å². The Balaban J connectivity index is 1.36. The number of aromatic amines is 1. The van der Waals surface area contributed by atoms with Crippen molar-refractivity contribution in [3.63, 3.8) is 0 Å². The summed E-state index contributed by atoms with van der Waals surface area (Å²) in [5.74, 6) is -1.21. The first-order chi connectivity index (χ1) is 14.4. The number of aryl methyl sites for hydroxylation is 1. The van der Waals surface area contributed by atoms with Gasteiger partial charge in [-0.05, 0) is 12.1 Å². The zero-order valence-corrected chi connectivity index (χ0v) is 16.1. The highest BCUT2D eigenvalue weighted by molar-refractivity contribution is 7.15. The van der Waals surface area contributed by atoms with Crippen LogP contribution >= 0.6 is 11.3 Å². The van der Waals surface area contributed by atoms with E-state index in [0.717, 1.165) is 16.2 Å². The van der Waals surface area contributed by atoms with E-state index in [2.05, 4.69) is 20.5 Å². The SMILES string of the molecule is O=C(CCn1ccc(=O)[nH]c1=O)Nc1nnc(CN2C(=O)c3ccccc3C2=O)s1. The maximum atomic E-state index is 12.4. The summed E-state index contributed by atoms with van der Waals surface area (Å²) in [5.41, 5.74) is -0.425. The lowest BCUT2D eigenvalue weighted by Gasteiger charge is -2.10. The molecule has 1 aliphatic heterocycles. The summed E-state index contributed by atoms with van der Waals surface area (Å²) in [6, 6.07) is 7.75. The van der Waals surface area contributed by atoms with Crippen molar-refractivity contribution in [2.45, 2.75) is 19.5 Å². The molecule has 152 valence electrons. The van der Waals surface area contributed by atoms with Gasteiger partial charge in [0.1, 0.15) is 5.01 Å². The van der Waals surface area contributed by atoms with Crippen molar-refractivity contribution in [2.75, 3.05) is 5.32 Å². The summed E-state index contributed by atoms with van der Waals surface area (Å²) >= 11 is 1.04. The molecule has 3 aromatic rings. The minimum Gasteiger partial charge on any atom is -0.300 e. The van der Waals surface area contributed by atoms with Crippen molar-refractivity contribution < 1.29 is 14.4 Å². The monoisotopic (exact) mass is 426 g/mol. The zero-order chi connectivity index (χ0) is 21.3. The van der Waals surface area contributed by atoms with E-state index >= 15 is 0 Å². The van der Waals surface area contributed by atoms with E-state index in [1.165, 1.54) is 16.8 Å². The van der Waals surface area contributed by atoms with Crippen LogP contribution in [0.2, 0.25) is 0 Å². The van der Waals surface area contributed by atoms with Gasteiger partial charge in [-0.25, -0.2) is 4.79 Å². The highest BCUT2D eigenvalue weighted by Crippen LogP contribution is 2.25. The number of nitrogens with zero attached hydrogens (tertiary/aromatic N) is 4. The molecular weight excluding hydrogens is 412 g/mol. The standard InChI is InChI=1S/C18H14N6O5S/c25-12(5-7-23-8-6-13(26)20-18(23)29)19-17-22-21-14(30-17)9-24-15(27)10-3-1-2-4-11(10)16(24)28/h1-4,6,8H,5,7,9H2,(H,19,22,25)(H,20,26,29). The van der Waals surface area contributed by atoms with Gasteiger partial charge in [-0.3, -0.25) is 29.1 Å². The number of nitrogens with one attached hydrogen (secondary N) is 2. The van der Waals surface area contributed by atoms with E-state index in [1.807, 2.05) is 0 Å². The molecule has 0 unspecified atom stereocenters. The smallest absolute Gasteiger partial charge is 0.300 e. The van der Waals surface area contributed by atoms with Crippen molar-refractivity contribution in [1.82, 2.24) is 24.6 Å². The molecular formula is C18H14N6O5S. The Kier molecular flexibility index (Phi) is 5.06. The third-order valence-corrected chi connectivity index (χ3v) is 5.18.